The summed E-state index contributed by atoms with van der Waals surface area (Å²) in [5.74, 6) is -10.6. The lowest BCUT2D eigenvalue weighted by Crippen LogP contribution is -2.65. The van der Waals surface area contributed by atoms with Crippen molar-refractivity contribution in [2.24, 2.45) is 35.5 Å². The van der Waals surface area contributed by atoms with Crippen molar-refractivity contribution >= 4 is 82.5 Å². The van der Waals surface area contributed by atoms with Crippen molar-refractivity contribution in [2.45, 2.75) is 260 Å². The summed E-state index contributed by atoms with van der Waals surface area (Å²) in [6.45, 7) is 7.01. The fourth-order valence-corrected chi connectivity index (χ4v) is 18.0. The van der Waals surface area contributed by atoms with Crippen LogP contribution >= 0.6 is 11.6 Å². The molecule has 4 heterocycles. The molecule has 29 heteroatoms. The third kappa shape index (κ3) is 20.4. The topological polar surface area (TPSA) is 279 Å². The minimum atomic E-state index is -4.51. The summed E-state index contributed by atoms with van der Waals surface area (Å²) in [6, 6.07) is -9.79. The number of allylic oxidation sites excluding steroid dienone is 1. The van der Waals surface area contributed by atoms with Crippen molar-refractivity contribution in [2.75, 3.05) is 94.8 Å². The zero-order valence-corrected chi connectivity index (χ0v) is 64.0. The Morgan fingerprint density at radius 2 is 1.28 bits per heavy atom. The van der Waals surface area contributed by atoms with Crippen LogP contribution < -0.4 is 16.0 Å². The predicted octanol–water partition coefficient (Wildman–Crippen LogP) is 6.03. The molecule has 1 spiro atoms. The largest absolute Gasteiger partial charge is 0.393 e. The van der Waals surface area contributed by atoms with Crippen LogP contribution in [0.3, 0.4) is 0 Å². The van der Waals surface area contributed by atoms with E-state index in [2.05, 4.69) is 16.0 Å². The number of nitrogens with zero attached hydrogens (tertiary/aromatic N) is 9. The Hall–Kier alpha value is -6.58. The highest BCUT2D eigenvalue weighted by molar-refractivity contribution is 6.21. The third-order valence-corrected chi connectivity index (χ3v) is 24.6. The van der Waals surface area contributed by atoms with Gasteiger partial charge in [0.25, 0.3) is 0 Å². The number of ether oxygens (including phenoxy) is 1. The summed E-state index contributed by atoms with van der Waals surface area (Å²) >= 11 is 6.44. The average Bonchev–Trinajstić information content (AvgIpc) is 1.16. The number of hydrogen-bond acceptors (Lipinski definition) is 13. The molecule has 0 aromatic heterocycles. The number of hydrogen-bond donors (Lipinski definition) is 3. The first kappa shape index (κ1) is 83.1. The van der Waals surface area contributed by atoms with E-state index in [1.54, 1.807) is 13.0 Å². The minimum absolute atomic E-state index is 0.00198. The summed E-state index contributed by atoms with van der Waals surface area (Å²) < 4.78 is 47.8. The SMILES string of the molecule is CC[C@H](C)[C@@H]1NC(=O)[C@H](CC(C)C)N(C)C(=O)C[C@@H](C(=O)N2CCOCC2)N(C)C(=O)[C@H](C2CCCC2)N(C)C(=O)C2(CCCC2)NC(=O)[C@@H]2CCCN2C(=O)[C@H](CCC2CCC(C(F)(F)F)C(Cl)C2)NC(=O)CN(C)C(=O)[C@H](CC2CCCCC2)N2C/C=C\CC[C@@H](C2=O)N(C)C(=O)CN(C)C1=O. The van der Waals surface area contributed by atoms with Gasteiger partial charge in [-0.3, -0.25) is 57.5 Å². The van der Waals surface area contributed by atoms with Gasteiger partial charge in [-0.2, -0.15) is 13.2 Å². The van der Waals surface area contributed by atoms with E-state index < -0.39 is 174 Å². The minimum Gasteiger partial charge on any atom is -0.378 e. The lowest BCUT2D eigenvalue weighted by atomic mass is 9.78. The van der Waals surface area contributed by atoms with Crippen molar-refractivity contribution in [3.63, 3.8) is 0 Å². The lowest BCUT2D eigenvalue weighted by Gasteiger charge is -2.42. The van der Waals surface area contributed by atoms with Crippen LogP contribution in [0, 0.1) is 35.5 Å². The molecule has 104 heavy (non-hydrogen) atoms. The summed E-state index contributed by atoms with van der Waals surface area (Å²) in [5.41, 5.74) is -1.56. The molecule has 4 aliphatic heterocycles. The number of morpholine rings is 1. The Morgan fingerprint density at radius 1 is 0.625 bits per heavy atom. The van der Waals surface area contributed by atoms with Gasteiger partial charge in [-0.25, -0.2) is 0 Å². The molecule has 4 saturated carbocycles. The van der Waals surface area contributed by atoms with Crippen molar-refractivity contribution in [1.82, 2.24) is 60.0 Å². The molecule has 8 rings (SSSR count). The number of alkyl halides is 4. The number of carbonyl (C=O) groups excluding carboxylic acids is 12. The van der Waals surface area contributed by atoms with Crippen LogP contribution in [0.25, 0.3) is 0 Å². The van der Waals surface area contributed by atoms with E-state index in [-0.39, 0.29) is 128 Å². The number of rotatable bonds is 11. The maximum atomic E-state index is 15.8. The smallest absolute Gasteiger partial charge is 0.378 e. The molecule has 25 nitrogen and oxygen atoms in total. The van der Waals surface area contributed by atoms with Gasteiger partial charge in [0.15, 0.2) is 0 Å². The highest BCUT2D eigenvalue weighted by Gasteiger charge is 2.53. The molecule has 584 valence electrons. The maximum Gasteiger partial charge on any atom is 0.393 e. The second-order valence-electron chi connectivity index (χ2n) is 31.7. The van der Waals surface area contributed by atoms with E-state index >= 15 is 38.4 Å². The number of carbonyl (C=O) groups is 12. The van der Waals surface area contributed by atoms with Gasteiger partial charge < -0.3 is 64.8 Å². The van der Waals surface area contributed by atoms with Crippen LogP contribution in [-0.2, 0) is 62.3 Å². The summed E-state index contributed by atoms with van der Waals surface area (Å²) in [7, 11) is 8.71. The van der Waals surface area contributed by atoms with Crippen LogP contribution in [0.5, 0.6) is 0 Å². The molecule has 8 aliphatic rings. The predicted molar refractivity (Wildman–Crippen MR) is 383 cm³/mol. The fraction of sp³-hybridized carbons (Fsp3) is 0.813. The van der Waals surface area contributed by atoms with Gasteiger partial charge in [-0.1, -0.05) is 104 Å². The quantitative estimate of drug-likeness (QED) is 0.158. The Morgan fingerprint density at radius 3 is 1.91 bits per heavy atom. The maximum absolute atomic E-state index is 15.8. The van der Waals surface area contributed by atoms with E-state index in [1.807, 2.05) is 26.8 Å². The number of halogens is 4. The molecule has 0 radical (unpaired) electrons. The molecular weight excluding hydrogens is 1370 g/mol. The van der Waals surface area contributed by atoms with E-state index in [4.69, 9.17) is 16.3 Å². The molecule has 7 fully saturated rings. The molecule has 0 aromatic rings. The number of amides is 12. The molecular formula is C75H118ClF3N12O13. The standard InChI is InChI=1S/C75H118ClF3N12O13/c1-11-48(4)63-71(101)84(6)46-62(94)85(7)56-27-16-13-21-35-91(70(56)100)59(43-49-23-14-12-15-24-49)68(98)83(5)45-60(92)80-54(32-30-50-29-31-52(53(76)42-50)75(77,78)79)67(97)90-36-22-28-55(90)66(96)82-74(33-19-20-34-74)73(103)88(10)64(51-25-17-18-26-51)72(102)87(9)58(69(99)89-37-39-104-40-38-89)44-61(93)86(8)57(41-47(2)3)65(95)81-63/h13,21,47-59,63-64H,11-12,14-20,22-46H2,1-10H3,(H,80,92)(H,81,95)(H,82,96)/b21-13-/t48-,50?,52?,53?,54-,55-,56-,57-,58-,59-,63-,64-/m0/s1. The van der Waals surface area contributed by atoms with Gasteiger partial charge in [-0.05, 0) is 126 Å². The molecule has 12 amide bonds. The van der Waals surface area contributed by atoms with Crippen LogP contribution in [0.4, 0.5) is 13.2 Å². The van der Waals surface area contributed by atoms with E-state index in [1.165, 1.54) is 86.4 Å². The number of fused-ring (bicyclic) bond motifs is 3. The van der Waals surface area contributed by atoms with Crippen LogP contribution in [0.15, 0.2) is 12.2 Å². The van der Waals surface area contributed by atoms with Crippen LogP contribution in [0.2, 0.25) is 0 Å². The Balaban J connectivity index is 1.18. The van der Waals surface area contributed by atoms with Crippen molar-refractivity contribution in [3.8, 4) is 0 Å². The zero-order chi connectivity index (χ0) is 76.1. The van der Waals surface area contributed by atoms with Crippen molar-refractivity contribution < 1.29 is 75.4 Å². The highest BCUT2D eigenvalue weighted by Crippen LogP contribution is 2.44. The third-order valence-electron chi connectivity index (χ3n) is 24.1. The van der Waals surface area contributed by atoms with Crippen molar-refractivity contribution in [1.29, 1.82) is 0 Å². The normalized spacial score (nSPS) is 30.9. The highest BCUT2D eigenvalue weighted by atomic mass is 35.5. The van der Waals surface area contributed by atoms with Crippen LogP contribution in [-0.4, -0.2) is 275 Å². The van der Waals surface area contributed by atoms with Gasteiger partial charge >= 0.3 is 6.18 Å². The second-order valence-corrected chi connectivity index (χ2v) is 32.3. The molecule has 12 atom stereocenters. The molecule has 4 aliphatic carbocycles. The van der Waals surface area contributed by atoms with Gasteiger partial charge in [0.05, 0.1) is 38.6 Å². The first-order valence-corrected chi connectivity index (χ1v) is 39.0. The van der Waals surface area contributed by atoms with Gasteiger partial charge in [0.1, 0.15) is 53.9 Å². The molecule has 3 saturated heterocycles. The molecule has 2 bridgehead atoms. The van der Waals surface area contributed by atoms with Crippen LogP contribution in [0.1, 0.15) is 195 Å². The van der Waals surface area contributed by atoms with Gasteiger partial charge in [0, 0.05) is 73.8 Å². The number of likely N-dealkylation sites (N-methyl/N-ethyl adjacent to an activating group) is 6. The van der Waals surface area contributed by atoms with Crippen molar-refractivity contribution in [3.05, 3.63) is 12.2 Å². The van der Waals surface area contributed by atoms with E-state index in [0.29, 0.717) is 44.9 Å². The first-order valence-electron chi connectivity index (χ1n) is 38.6. The van der Waals surface area contributed by atoms with Gasteiger partial charge in [-0.15, -0.1) is 11.6 Å². The lowest BCUT2D eigenvalue weighted by molar-refractivity contribution is -0.182. The Bertz CT molecular complexity index is 3080. The average molecular weight is 1490 g/mol. The number of nitrogens with one attached hydrogen (secondary N) is 3. The summed E-state index contributed by atoms with van der Waals surface area (Å²) in [6.07, 6.45) is 8.77. The Labute approximate surface area is 617 Å². The summed E-state index contributed by atoms with van der Waals surface area (Å²) in [5, 5.41) is 7.68. The Kier molecular flexibility index (Phi) is 29.8. The second kappa shape index (κ2) is 37.3. The fourth-order valence-electron chi connectivity index (χ4n) is 17.4. The van der Waals surface area contributed by atoms with Gasteiger partial charge in [0.2, 0.25) is 70.9 Å². The molecule has 3 unspecified atom stereocenters. The van der Waals surface area contributed by atoms with E-state index in [0.717, 1.165) is 44.9 Å². The molecule has 0 aromatic carbocycles. The monoisotopic (exact) mass is 1490 g/mol. The molecule has 3 N–H and O–H groups in total. The van der Waals surface area contributed by atoms with E-state index in [9.17, 15) is 32.3 Å². The first-order chi connectivity index (χ1) is 49.3. The summed E-state index contributed by atoms with van der Waals surface area (Å²) in [4.78, 5) is 194. The zero-order valence-electron chi connectivity index (χ0n) is 63.2.